The number of aromatic nitrogens is 4. The number of nitrogens with one attached hydrogen (secondary N) is 1. The third kappa shape index (κ3) is 5.83. The maximum absolute atomic E-state index is 13.4. The monoisotopic (exact) mass is 615 g/mol. The van der Waals surface area contributed by atoms with Crippen molar-refractivity contribution in [1.29, 1.82) is 0 Å². The Labute approximate surface area is 254 Å². The van der Waals surface area contributed by atoms with Crippen molar-refractivity contribution in [2.45, 2.75) is 81.9 Å². The molecule has 1 aromatic rings. The van der Waals surface area contributed by atoms with Crippen molar-refractivity contribution in [1.82, 2.24) is 40.2 Å². The minimum atomic E-state index is -1.12. The van der Waals surface area contributed by atoms with Crippen LogP contribution in [0.1, 0.15) is 46.0 Å². The first-order chi connectivity index (χ1) is 20.6. The van der Waals surface area contributed by atoms with E-state index in [-0.39, 0.29) is 71.5 Å². The number of nitrogens with two attached hydrogens (primary N) is 1. The number of thioether (sulfide) groups is 1. The molecule has 5 aliphatic heterocycles. The Hall–Kier alpha value is -2.88. The Kier molecular flexibility index (Phi) is 8.59. The summed E-state index contributed by atoms with van der Waals surface area (Å²) in [5.74, 6) is -2.20. The summed E-state index contributed by atoms with van der Waals surface area (Å²) in [6.45, 7) is 7.93. The number of carbonyl (C=O) groups excluding carboxylic acids is 3. The zero-order valence-corrected chi connectivity index (χ0v) is 25.5. The predicted octanol–water partition coefficient (Wildman–Crippen LogP) is -0.471. The molecule has 43 heavy (non-hydrogen) atoms. The molecule has 0 aromatic carbocycles. The molecule has 6 heterocycles. The first kappa shape index (κ1) is 30.2. The predicted molar refractivity (Wildman–Crippen MR) is 156 cm³/mol. The number of aliphatic carboxylic acids is 1. The number of Topliss-reactive ketones (excluding diaryl/α,β-unsaturated/α-hetero) is 1. The summed E-state index contributed by atoms with van der Waals surface area (Å²) in [5.41, 5.74) is 6.14. The second-order valence-corrected chi connectivity index (χ2v) is 14.1. The van der Waals surface area contributed by atoms with Gasteiger partial charge in [0.25, 0.3) is 0 Å². The highest BCUT2D eigenvalue weighted by molar-refractivity contribution is 8.03. The summed E-state index contributed by atoms with van der Waals surface area (Å²) >= 11 is 1.49. The number of carbonyl (C=O) groups is 4. The van der Waals surface area contributed by atoms with Crippen molar-refractivity contribution in [2.75, 3.05) is 32.7 Å². The number of fused-ring (bicyclic) bond motifs is 1. The molecule has 7 atom stereocenters. The van der Waals surface area contributed by atoms with Gasteiger partial charge in [0, 0.05) is 67.3 Å². The van der Waals surface area contributed by atoms with Crippen LogP contribution in [0.2, 0.25) is 0 Å². The van der Waals surface area contributed by atoms with Crippen LogP contribution in [0.3, 0.4) is 0 Å². The van der Waals surface area contributed by atoms with Gasteiger partial charge in [0.1, 0.15) is 18.6 Å². The van der Waals surface area contributed by atoms with E-state index in [0.29, 0.717) is 23.9 Å². The van der Waals surface area contributed by atoms with Crippen LogP contribution in [0.25, 0.3) is 0 Å². The summed E-state index contributed by atoms with van der Waals surface area (Å²) in [5, 5.41) is 24.3. The topological polar surface area (TPSA) is 180 Å². The van der Waals surface area contributed by atoms with Gasteiger partial charge in [-0.25, -0.2) is 9.48 Å². The molecule has 6 rings (SSSR count). The van der Waals surface area contributed by atoms with Crippen LogP contribution >= 0.6 is 11.8 Å². The normalized spacial score (nSPS) is 32.3. The Morgan fingerprint density at radius 1 is 1.21 bits per heavy atom. The van der Waals surface area contributed by atoms with Crippen LogP contribution in [0, 0.1) is 17.8 Å². The number of carboxylic acid groups (broad SMARTS) is 1. The van der Waals surface area contributed by atoms with Crippen molar-refractivity contribution in [3.05, 3.63) is 16.9 Å². The van der Waals surface area contributed by atoms with Crippen LogP contribution in [-0.4, -0.2) is 126 Å². The smallest absolute Gasteiger partial charge is 0.353 e. The fraction of sp³-hybridized carbons (Fsp3) is 0.750. The van der Waals surface area contributed by atoms with Gasteiger partial charge >= 0.3 is 5.97 Å². The summed E-state index contributed by atoms with van der Waals surface area (Å²) in [7, 11) is 0. The molecule has 2 amide bonds. The van der Waals surface area contributed by atoms with Gasteiger partial charge in [-0.2, -0.15) is 0 Å². The first-order valence-electron chi connectivity index (χ1n) is 15.3. The maximum Gasteiger partial charge on any atom is 0.353 e. The van der Waals surface area contributed by atoms with Crippen LogP contribution in [0.15, 0.2) is 16.9 Å². The number of rotatable bonds is 10. The minimum absolute atomic E-state index is 0.0203. The molecule has 0 spiro atoms. The van der Waals surface area contributed by atoms with E-state index in [0.717, 1.165) is 45.4 Å². The third-order valence-electron chi connectivity index (χ3n) is 9.91. The minimum Gasteiger partial charge on any atom is -0.477 e. The lowest BCUT2D eigenvalue weighted by Crippen LogP contribution is -2.62. The quantitative estimate of drug-likeness (QED) is 0.289. The number of piperidine rings is 1. The van der Waals surface area contributed by atoms with E-state index in [1.807, 2.05) is 18.7 Å². The van der Waals surface area contributed by atoms with Gasteiger partial charge in [0.2, 0.25) is 11.8 Å². The Morgan fingerprint density at radius 2 is 1.98 bits per heavy atom. The number of β-lactam (4-membered cyclic amide) rings is 1. The van der Waals surface area contributed by atoms with Gasteiger partial charge in [-0.05, 0) is 42.0 Å². The van der Waals surface area contributed by atoms with E-state index < -0.39 is 11.9 Å². The van der Waals surface area contributed by atoms with Gasteiger partial charge in [0.05, 0.1) is 18.0 Å². The number of hydrogen-bond donors (Lipinski definition) is 3. The SMILES string of the molecule is C[C@@H](CC(=O)Cn1cnnn1)[C@H]1C(=O)N2C(C(=O)O)=C(S[C@@H]3CN[C@H](C(=O)N4CCC(N5CC[C@@H](N)C5)CC4)C3)[C@H](C)[C@H]12. The highest BCUT2D eigenvalue weighted by Gasteiger charge is 2.60. The molecule has 5 aliphatic rings. The van der Waals surface area contributed by atoms with Crippen LogP contribution in [-0.2, 0) is 25.7 Å². The molecule has 4 N–H and O–H groups in total. The standard InChI is InChI=1S/C28H41N9O5S/c1-15(9-19(38)13-36-14-31-32-33-36)22-23-16(2)25(24(28(41)42)37(23)27(22)40)43-20-10-21(30-11-20)26(39)34-7-4-18(5-8-34)35-6-3-17(29)12-35/h14-18,20-23,30H,3-13,29H2,1-2H3,(H,41,42)/t15-,16+,17+,20-,21-,22+,23+/m0/s1. The molecule has 4 saturated heterocycles. The molecule has 0 saturated carbocycles. The molecule has 0 radical (unpaired) electrons. The van der Waals surface area contributed by atoms with Gasteiger partial charge in [-0.15, -0.1) is 16.9 Å². The lowest BCUT2D eigenvalue weighted by Gasteiger charge is -2.47. The Balaban J connectivity index is 1.04. The first-order valence-corrected chi connectivity index (χ1v) is 16.2. The summed E-state index contributed by atoms with van der Waals surface area (Å²) < 4.78 is 1.35. The third-order valence-corrected chi connectivity index (χ3v) is 11.4. The van der Waals surface area contributed by atoms with Crippen molar-refractivity contribution in [2.24, 2.45) is 23.5 Å². The van der Waals surface area contributed by atoms with Gasteiger partial charge in [0.15, 0.2) is 5.78 Å². The lowest BCUT2D eigenvalue weighted by molar-refractivity contribution is -0.160. The average Bonchev–Trinajstić information content (AvgIpc) is 3.77. The Bertz CT molecular complexity index is 1280. The molecule has 0 unspecified atom stereocenters. The van der Waals surface area contributed by atoms with Gasteiger partial charge < -0.3 is 26.0 Å². The molecule has 0 bridgehead atoms. The largest absolute Gasteiger partial charge is 0.477 e. The zero-order chi connectivity index (χ0) is 30.4. The summed E-state index contributed by atoms with van der Waals surface area (Å²) in [6.07, 6.45) is 5.12. The van der Waals surface area contributed by atoms with Crippen LogP contribution < -0.4 is 11.1 Å². The van der Waals surface area contributed by atoms with Crippen LogP contribution in [0.5, 0.6) is 0 Å². The van der Waals surface area contributed by atoms with E-state index in [9.17, 15) is 24.3 Å². The average molecular weight is 616 g/mol. The number of nitrogens with zero attached hydrogens (tertiary/aromatic N) is 7. The molecule has 15 heteroatoms. The summed E-state index contributed by atoms with van der Waals surface area (Å²) in [4.78, 5) is 58.2. The van der Waals surface area contributed by atoms with Gasteiger partial charge in [-0.3, -0.25) is 19.3 Å². The highest BCUT2D eigenvalue weighted by atomic mass is 32.2. The van der Waals surface area contributed by atoms with Crippen molar-refractivity contribution >= 4 is 35.3 Å². The second-order valence-electron chi connectivity index (χ2n) is 12.8. The van der Waals surface area contributed by atoms with Gasteiger partial charge in [-0.1, -0.05) is 13.8 Å². The summed E-state index contributed by atoms with van der Waals surface area (Å²) in [6, 6.07) is 0.160. The molecule has 0 aliphatic carbocycles. The van der Waals surface area contributed by atoms with E-state index in [1.165, 1.54) is 27.7 Å². The number of likely N-dealkylation sites (tertiary alicyclic amines) is 2. The zero-order valence-electron chi connectivity index (χ0n) is 24.7. The Morgan fingerprint density at radius 3 is 2.63 bits per heavy atom. The van der Waals surface area contributed by atoms with Crippen molar-refractivity contribution in [3.63, 3.8) is 0 Å². The number of carboxylic acids is 1. The molecule has 14 nitrogen and oxygen atoms in total. The number of tetrazole rings is 1. The number of amides is 2. The molecule has 4 fully saturated rings. The lowest BCUT2D eigenvalue weighted by atomic mass is 9.73. The molecular formula is C28H41N9O5S. The number of hydrogen-bond acceptors (Lipinski definition) is 11. The van der Waals surface area contributed by atoms with Crippen LogP contribution in [0.4, 0.5) is 0 Å². The molecule has 1 aromatic heterocycles. The maximum atomic E-state index is 13.4. The fourth-order valence-electron chi connectivity index (χ4n) is 7.73. The van der Waals surface area contributed by atoms with Crippen molar-refractivity contribution < 1.29 is 24.3 Å². The highest BCUT2D eigenvalue weighted by Crippen LogP contribution is 2.53. The molecular weight excluding hydrogens is 574 g/mol. The molecule has 234 valence electrons. The second kappa shape index (κ2) is 12.3. The van der Waals surface area contributed by atoms with E-state index in [1.54, 1.807) is 0 Å². The van der Waals surface area contributed by atoms with E-state index in [4.69, 9.17) is 5.73 Å². The van der Waals surface area contributed by atoms with E-state index in [2.05, 4.69) is 25.7 Å². The van der Waals surface area contributed by atoms with E-state index >= 15 is 0 Å². The van der Waals surface area contributed by atoms with Crippen molar-refractivity contribution in [3.8, 4) is 0 Å². The number of ketones is 1. The fourth-order valence-corrected chi connectivity index (χ4v) is 9.21.